The zero-order chi connectivity index (χ0) is 13.9. The van der Waals surface area contributed by atoms with Crippen LogP contribution in [0.15, 0.2) is 18.2 Å². The number of rotatable bonds is 3. The van der Waals surface area contributed by atoms with E-state index in [1.807, 2.05) is 0 Å². The molecule has 1 fully saturated rings. The third-order valence-corrected chi connectivity index (χ3v) is 5.45. The van der Waals surface area contributed by atoms with Gasteiger partial charge in [0, 0.05) is 12.1 Å². The van der Waals surface area contributed by atoms with Crippen LogP contribution in [-0.2, 0) is 6.42 Å². The molecule has 1 nitrogen and oxygen atoms in total. The molecule has 0 bridgehead atoms. The Balaban J connectivity index is 1.65. The van der Waals surface area contributed by atoms with Crippen molar-refractivity contribution in [3.05, 3.63) is 34.9 Å². The first kappa shape index (κ1) is 14.1. The van der Waals surface area contributed by atoms with Crippen molar-refractivity contribution < 1.29 is 0 Å². The van der Waals surface area contributed by atoms with Gasteiger partial charge in [-0.3, -0.25) is 0 Å². The Morgan fingerprint density at radius 2 is 1.80 bits per heavy atom. The molecular weight excluding hydrogens is 242 g/mol. The predicted octanol–water partition coefficient (Wildman–Crippen LogP) is 4.93. The van der Waals surface area contributed by atoms with Crippen LogP contribution in [0, 0.1) is 12.8 Å². The largest absolute Gasteiger partial charge is 0.307 e. The van der Waals surface area contributed by atoms with Crippen molar-refractivity contribution in [2.24, 2.45) is 5.92 Å². The van der Waals surface area contributed by atoms with Gasteiger partial charge in [0.2, 0.25) is 0 Å². The van der Waals surface area contributed by atoms with E-state index in [0.29, 0.717) is 12.1 Å². The van der Waals surface area contributed by atoms with Crippen molar-refractivity contribution in [3.63, 3.8) is 0 Å². The van der Waals surface area contributed by atoms with Crippen LogP contribution < -0.4 is 5.32 Å². The summed E-state index contributed by atoms with van der Waals surface area (Å²) >= 11 is 0. The normalized spacial score (nSPS) is 25.2. The van der Waals surface area contributed by atoms with Crippen LogP contribution in [0.5, 0.6) is 0 Å². The fourth-order valence-corrected chi connectivity index (χ4v) is 4.16. The van der Waals surface area contributed by atoms with E-state index in [1.54, 1.807) is 11.1 Å². The molecule has 0 saturated heterocycles. The minimum absolute atomic E-state index is 0.600. The second kappa shape index (κ2) is 6.30. The van der Waals surface area contributed by atoms with Gasteiger partial charge in [0.25, 0.3) is 0 Å². The van der Waals surface area contributed by atoms with Gasteiger partial charge in [0.1, 0.15) is 0 Å². The standard InChI is InChI=1S/C19H29N/c1-14-9-10-17-11-12-19(18(17)13-14)20-15(2)16-7-5-3-4-6-8-16/h9-10,13,15-16,19-20H,3-8,11-12H2,1-2H3/t15-,19?/m1/s1. The van der Waals surface area contributed by atoms with Crippen molar-refractivity contribution in [2.75, 3.05) is 0 Å². The molecule has 0 aliphatic heterocycles. The first-order chi connectivity index (χ1) is 9.74. The molecule has 2 aliphatic carbocycles. The maximum Gasteiger partial charge on any atom is 0.0328 e. The van der Waals surface area contributed by atoms with Gasteiger partial charge in [0.15, 0.2) is 0 Å². The molecule has 0 amide bonds. The van der Waals surface area contributed by atoms with Crippen LogP contribution in [0.3, 0.4) is 0 Å². The molecule has 1 saturated carbocycles. The highest BCUT2D eigenvalue weighted by Crippen LogP contribution is 2.34. The summed E-state index contributed by atoms with van der Waals surface area (Å²) in [6, 6.07) is 8.27. The molecule has 0 spiro atoms. The van der Waals surface area contributed by atoms with Gasteiger partial charge in [-0.25, -0.2) is 0 Å². The molecule has 0 heterocycles. The average Bonchev–Trinajstić information content (AvgIpc) is 2.67. The quantitative estimate of drug-likeness (QED) is 0.769. The molecule has 2 aliphatic rings. The highest BCUT2D eigenvalue weighted by molar-refractivity contribution is 5.37. The van der Waals surface area contributed by atoms with Crippen LogP contribution in [0.2, 0.25) is 0 Å². The summed E-state index contributed by atoms with van der Waals surface area (Å²) in [4.78, 5) is 0. The molecule has 1 unspecified atom stereocenters. The summed E-state index contributed by atoms with van der Waals surface area (Å²) in [7, 11) is 0. The lowest BCUT2D eigenvalue weighted by Crippen LogP contribution is -2.35. The number of aryl methyl sites for hydroxylation is 2. The molecule has 110 valence electrons. The molecule has 1 aromatic rings. The van der Waals surface area contributed by atoms with Gasteiger partial charge in [-0.05, 0) is 56.6 Å². The lowest BCUT2D eigenvalue weighted by atomic mass is 9.92. The number of nitrogens with one attached hydrogen (secondary N) is 1. The first-order valence-corrected chi connectivity index (χ1v) is 8.59. The summed E-state index contributed by atoms with van der Waals surface area (Å²) in [5, 5.41) is 3.96. The maximum atomic E-state index is 3.96. The molecule has 20 heavy (non-hydrogen) atoms. The molecular formula is C19H29N. The van der Waals surface area contributed by atoms with Gasteiger partial charge >= 0.3 is 0 Å². The Hall–Kier alpha value is -0.820. The van der Waals surface area contributed by atoms with Gasteiger partial charge in [-0.1, -0.05) is 49.4 Å². The lowest BCUT2D eigenvalue weighted by molar-refractivity contribution is 0.309. The molecule has 1 N–H and O–H groups in total. The van der Waals surface area contributed by atoms with Crippen LogP contribution in [0.25, 0.3) is 0 Å². The second-order valence-corrected chi connectivity index (χ2v) is 7.00. The first-order valence-electron chi connectivity index (χ1n) is 8.59. The Bertz CT molecular complexity index is 443. The van der Waals surface area contributed by atoms with E-state index < -0.39 is 0 Å². The van der Waals surface area contributed by atoms with E-state index in [-0.39, 0.29) is 0 Å². The fraction of sp³-hybridized carbons (Fsp3) is 0.684. The van der Waals surface area contributed by atoms with Crippen LogP contribution in [0.1, 0.15) is 74.6 Å². The second-order valence-electron chi connectivity index (χ2n) is 7.00. The highest BCUT2D eigenvalue weighted by atomic mass is 15.0. The summed E-state index contributed by atoms with van der Waals surface area (Å²) in [5.41, 5.74) is 4.55. The molecule has 2 atom stereocenters. The third kappa shape index (κ3) is 3.09. The Labute approximate surface area is 124 Å². The Morgan fingerprint density at radius 3 is 2.55 bits per heavy atom. The number of hydrogen-bond acceptors (Lipinski definition) is 1. The minimum atomic E-state index is 0.600. The molecule has 3 rings (SSSR count). The minimum Gasteiger partial charge on any atom is -0.307 e. The predicted molar refractivity (Wildman–Crippen MR) is 86.0 cm³/mol. The van der Waals surface area contributed by atoms with Crippen LogP contribution in [-0.4, -0.2) is 6.04 Å². The fourth-order valence-electron chi connectivity index (χ4n) is 4.16. The van der Waals surface area contributed by atoms with Gasteiger partial charge in [-0.15, -0.1) is 0 Å². The number of fused-ring (bicyclic) bond motifs is 1. The maximum absolute atomic E-state index is 3.96. The third-order valence-electron chi connectivity index (χ3n) is 5.45. The topological polar surface area (TPSA) is 12.0 Å². The van der Waals surface area contributed by atoms with Crippen molar-refractivity contribution in [1.29, 1.82) is 0 Å². The van der Waals surface area contributed by atoms with Gasteiger partial charge < -0.3 is 5.32 Å². The monoisotopic (exact) mass is 271 g/mol. The molecule has 1 heteroatoms. The van der Waals surface area contributed by atoms with Gasteiger partial charge in [0.05, 0.1) is 0 Å². The van der Waals surface area contributed by atoms with Crippen molar-refractivity contribution in [3.8, 4) is 0 Å². The number of benzene rings is 1. The molecule has 0 radical (unpaired) electrons. The smallest absolute Gasteiger partial charge is 0.0328 e. The van der Waals surface area contributed by atoms with E-state index >= 15 is 0 Å². The summed E-state index contributed by atoms with van der Waals surface area (Å²) in [6.45, 7) is 4.63. The van der Waals surface area contributed by atoms with E-state index in [4.69, 9.17) is 0 Å². The van der Waals surface area contributed by atoms with Crippen molar-refractivity contribution in [1.82, 2.24) is 5.32 Å². The zero-order valence-electron chi connectivity index (χ0n) is 13.1. The summed E-state index contributed by atoms with van der Waals surface area (Å²) in [6.07, 6.45) is 11.2. The Morgan fingerprint density at radius 1 is 1.05 bits per heavy atom. The van der Waals surface area contributed by atoms with Crippen LogP contribution >= 0.6 is 0 Å². The Kier molecular flexibility index (Phi) is 4.45. The SMILES string of the molecule is Cc1ccc2c(c1)C(N[C@H](C)C1CCCCCC1)CC2. The van der Waals surface area contributed by atoms with E-state index in [2.05, 4.69) is 37.4 Å². The van der Waals surface area contributed by atoms with Crippen LogP contribution in [0.4, 0.5) is 0 Å². The van der Waals surface area contributed by atoms with Crippen molar-refractivity contribution >= 4 is 0 Å². The molecule has 0 aromatic heterocycles. The summed E-state index contributed by atoms with van der Waals surface area (Å²) in [5.74, 6) is 0.895. The summed E-state index contributed by atoms with van der Waals surface area (Å²) < 4.78 is 0. The number of hydrogen-bond donors (Lipinski definition) is 1. The lowest BCUT2D eigenvalue weighted by Gasteiger charge is -2.27. The van der Waals surface area contributed by atoms with E-state index in [0.717, 1.165) is 5.92 Å². The van der Waals surface area contributed by atoms with Gasteiger partial charge in [-0.2, -0.15) is 0 Å². The average molecular weight is 271 g/mol. The van der Waals surface area contributed by atoms with E-state index in [1.165, 1.54) is 56.9 Å². The zero-order valence-corrected chi connectivity index (χ0v) is 13.1. The van der Waals surface area contributed by atoms with Crippen molar-refractivity contribution in [2.45, 2.75) is 77.3 Å². The van der Waals surface area contributed by atoms with E-state index in [9.17, 15) is 0 Å². The molecule has 1 aromatic carbocycles. The highest BCUT2D eigenvalue weighted by Gasteiger charge is 2.26.